The first-order valence-corrected chi connectivity index (χ1v) is 12.4. The van der Waals surface area contributed by atoms with Crippen LogP contribution >= 0.6 is 11.6 Å². The van der Waals surface area contributed by atoms with Crippen molar-refractivity contribution in [2.45, 2.75) is 58.8 Å². The van der Waals surface area contributed by atoms with E-state index in [0.717, 1.165) is 23.7 Å². The van der Waals surface area contributed by atoms with Gasteiger partial charge in [-0.05, 0) is 51.0 Å². The highest BCUT2D eigenvalue weighted by atomic mass is 35.5. The third-order valence-corrected chi connectivity index (χ3v) is 6.81. The van der Waals surface area contributed by atoms with E-state index in [0.29, 0.717) is 30.0 Å². The Hall–Kier alpha value is -2.92. The van der Waals surface area contributed by atoms with E-state index in [2.05, 4.69) is 9.88 Å². The monoisotopic (exact) mass is 559 g/mol. The Morgan fingerprint density at radius 3 is 2.39 bits per heavy atom. The average Bonchev–Trinajstić information content (AvgIpc) is 3.23. The number of fused-ring (bicyclic) bond motifs is 1. The summed E-state index contributed by atoms with van der Waals surface area (Å²) in [7, 11) is 0. The molecule has 0 atom stereocenters. The lowest BCUT2D eigenvalue weighted by molar-refractivity contribution is -0.137. The first-order valence-electron chi connectivity index (χ1n) is 12.0. The minimum atomic E-state index is -4.35. The lowest BCUT2D eigenvalue weighted by atomic mass is 9.98. The number of allylic oxidation sites excluding steroid dienone is 3. The standard InChI is InChI=1S/C19H24F2N4O.C7H7ClF3N/c1-11(2)17-16(12-5-6-13(20)14(21)9-12)23-18-19(3,4)25(15(26)10-22)8-7-24(17)18;1-4-2-5(7(9,10)11)6(8)3-12-4/h5-6,9,11H,7-8,10,22H2,1-4H3;2,12H,3H2,1H3. The number of carbonyl (C=O) groups is 1. The van der Waals surface area contributed by atoms with E-state index in [1.165, 1.54) is 12.1 Å². The summed E-state index contributed by atoms with van der Waals surface area (Å²) in [5.74, 6) is -1.06. The minimum Gasteiger partial charge on any atom is -0.384 e. The molecular formula is C26H31ClF5N5O. The second-order valence-electron chi connectivity index (χ2n) is 9.91. The van der Waals surface area contributed by atoms with Crippen LogP contribution in [-0.4, -0.2) is 46.2 Å². The number of aromatic nitrogens is 2. The molecule has 3 heterocycles. The van der Waals surface area contributed by atoms with Crippen molar-refractivity contribution in [3.05, 3.63) is 63.7 Å². The van der Waals surface area contributed by atoms with Crippen molar-refractivity contribution in [2.75, 3.05) is 19.6 Å². The summed E-state index contributed by atoms with van der Waals surface area (Å²) < 4.78 is 65.7. The fraction of sp³-hybridized carbons (Fsp3) is 0.462. The molecule has 0 unspecified atom stereocenters. The fourth-order valence-corrected chi connectivity index (χ4v) is 4.87. The molecule has 38 heavy (non-hydrogen) atoms. The molecule has 3 N–H and O–H groups in total. The number of halogens is 6. The van der Waals surface area contributed by atoms with Crippen LogP contribution in [0, 0.1) is 11.6 Å². The van der Waals surface area contributed by atoms with E-state index in [9.17, 15) is 26.7 Å². The van der Waals surface area contributed by atoms with Crippen LogP contribution in [-0.2, 0) is 16.9 Å². The van der Waals surface area contributed by atoms with Gasteiger partial charge in [0.05, 0.1) is 29.9 Å². The fourth-order valence-electron chi connectivity index (χ4n) is 4.64. The lowest BCUT2D eigenvalue weighted by Crippen LogP contribution is -2.53. The summed E-state index contributed by atoms with van der Waals surface area (Å²) in [6, 6.07) is 3.82. The Morgan fingerprint density at radius 1 is 1.21 bits per heavy atom. The number of benzene rings is 1. The number of nitrogens with zero attached hydrogens (tertiary/aromatic N) is 3. The molecule has 208 valence electrons. The number of hydrogen-bond acceptors (Lipinski definition) is 4. The van der Waals surface area contributed by atoms with Gasteiger partial charge in [0.2, 0.25) is 5.91 Å². The van der Waals surface area contributed by atoms with E-state index < -0.39 is 28.9 Å². The van der Waals surface area contributed by atoms with Crippen LogP contribution in [0.3, 0.4) is 0 Å². The largest absolute Gasteiger partial charge is 0.417 e. The normalized spacial score (nSPS) is 17.0. The van der Waals surface area contributed by atoms with Gasteiger partial charge in [0.25, 0.3) is 0 Å². The first kappa shape index (κ1) is 29.6. The molecule has 0 bridgehead atoms. The number of alkyl halides is 3. The van der Waals surface area contributed by atoms with E-state index in [1.54, 1.807) is 11.8 Å². The van der Waals surface area contributed by atoms with Crippen molar-refractivity contribution in [1.82, 2.24) is 19.8 Å². The van der Waals surface area contributed by atoms with Gasteiger partial charge >= 0.3 is 6.18 Å². The quantitative estimate of drug-likeness (QED) is 0.485. The summed E-state index contributed by atoms with van der Waals surface area (Å²) in [6.07, 6.45) is -3.34. The zero-order valence-electron chi connectivity index (χ0n) is 21.8. The predicted molar refractivity (Wildman–Crippen MR) is 136 cm³/mol. The zero-order valence-corrected chi connectivity index (χ0v) is 22.6. The van der Waals surface area contributed by atoms with Crippen molar-refractivity contribution in [3.8, 4) is 11.3 Å². The zero-order chi connectivity index (χ0) is 28.6. The van der Waals surface area contributed by atoms with Crippen LogP contribution in [0.4, 0.5) is 22.0 Å². The van der Waals surface area contributed by atoms with E-state index in [4.69, 9.17) is 22.3 Å². The van der Waals surface area contributed by atoms with Crippen LogP contribution in [0.15, 0.2) is 40.6 Å². The Kier molecular flexibility index (Phi) is 8.62. The van der Waals surface area contributed by atoms with Gasteiger partial charge < -0.3 is 20.5 Å². The molecule has 0 radical (unpaired) electrons. The highest BCUT2D eigenvalue weighted by Crippen LogP contribution is 2.39. The van der Waals surface area contributed by atoms with E-state index >= 15 is 0 Å². The second kappa shape index (κ2) is 11.1. The van der Waals surface area contributed by atoms with Crippen molar-refractivity contribution in [3.63, 3.8) is 0 Å². The molecule has 1 amide bonds. The third-order valence-electron chi connectivity index (χ3n) is 6.47. The van der Waals surface area contributed by atoms with E-state index in [-0.39, 0.29) is 29.9 Å². The number of hydrogen-bond donors (Lipinski definition) is 2. The van der Waals surface area contributed by atoms with Crippen molar-refractivity contribution < 1.29 is 26.7 Å². The maximum absolute atomic E-state index is 13.8. The maximum atomic E-state index is 13.8. The Bertz CT molecular complexity index is 1280. The molecule has 2 aromatic rings. The summed E-state index contributed by atoms with van der Waals surface area (Å²) in [6.45, 7) is 10.6. The topological polar surface area (TPSA) is 76.2 Å². The summed E-state index contributed by atoms with van der Waals surface area (Å²) in [4.78, 5) is 18.7. The number of amides is 1. The third kappa shape index (κ3) is 5.88. The van der Waals surface area contributed by atoms with E-state index in [1.807, 2.05) is 27.7 Å². The maximum Gasteiger partial charge on any atom is 0.417 e. The highest BCUT2D eigenvalue weighted by Gasteiger charge is 2.41. The second-order valence-corrected chi connectivity index (χ2v) is 10.4. The summed E-state index contributed by atoms with van der Waals surface area (Å²) >= 11 is 5.39. The molecule has 6 nitrogen and oxygen atoms in total. The van der Waals surface area contributed by atoms with Crippen LogP contribution in [0.5, 0.6) is 0 Å². The molecule has 0 saturated heterocycles. The molecule has 2 aliphatic heterocycles. The molecule has 4 rings (SSSR count). The number of carbonyl (C=O) groups excluding carboxylic acids is 1. The summed E-state index contributed by atoms with van der Waals surface area (Å²) in [5, 5.41) is 2.52. The number of dihydropyridines is 1. The Labute approximate surface area is 223 Å². The van der Waals surface area contributed by atoms with Gasteiger partial charge in [-0.25, -0.2) is 13.8 Å². The van der Waals surface area contributed by atoms with Crippen LogP contribution < -0.4 is 11.1 Å². The predicted octanol–water partition coefficient (Wildman–Crippen LogP) is 5.54. The van der Waals surface area contributed by atoms with Crippen LogP contribution in [0.1, 0.15) is 52.1 Å². The van der Waals surface area contributed by atoms with Gasteiger partial charge in [0, 0.05) is 35.1 Å². The van der Waals surface area contributed by atoms with Gasteiger partial charge in [-0.15, -0.1) is 0 Å². The molecule has 12 heteroatoms. The van der Waals surface area contributed by atoms with Gasteiger partial charge in [-0.2, -0.15) is 13.2 Å². The summed E-state index contributed by atoms with van der Waals surface area (Å²) in [5.41, 5.74) is 6.75. The molecule has 0 saturated carbocycles. The van der Waals surface area contributed by atoms with Crippen molar-refractivity contribution >= 4 is 17.5 Å². The van der Waals surface area contributed by atoms with Crippen LogP contribution in [0.2, 0.25) is 0 Å². The number of rotatable bonds is 3. The van der Waals surface area contributed by atoms with Gasteiger partial charge in [0.1, 0.15) is 5.82 Å². The molecule has 0 fully saturated rings. The number of imidazole rings is 1. The molecule has 0 spiro atoms. The van der Waals surface area contributed by atoms with Crippen molar-refractivity contribution in [2.24, 2.45) is 5.73 Å². The number of nitrogens with two attached hydrogens (primary N) is 1. The first-order chi connectivity index (χ1) is 17.6. The number of nitrogens with one attached hydrogen (secondary N) is 1. The van der Waals surface area contributed by atoms with Gasteiger partial charge in [0.15, 0.2) is 11.6 Å². The van der Waals surface area contributed by atoms with Crippen LogP contribution in [0.25, 0.3) is 11.3 Å². The molecular weight excluding hydrogens is 529 g/mol. The van der Waals surface area contributed by atoms with Gasteiger partial charge in [-0.3, -0.25) is 4.79 Å². The van der Waals surface area contributed by atoms with Gasteiger partial charge in [-0.1, -0.05) is 25.4 Å². The molecule has 1 aromatic carbocycles. The Balaban J connectivity index is 0.000000279. The smallest absolute Gasteiger partial charge is 0.384 e. The minimum absolute atomic E-state index is 0.0543. The molecule has 1 aromatic heterocycles. The average molecular weight is 560 g/mol. The Morgan fingerprint density at radius 2 is 1.87 bits per heavy atom. The molecule has 0 aliphatic carbocycles. The van der Waals surface area contributed by atoms with Crippen molar-refractivity contribution in [1.29, 1.82) is 0 Å². The molecule has 2 aliphatic rings. The SMILES string of the molecule is CC(C)c1c(-c2ccc(F)c(F)c2)nc2n1CCN(C(=O)CN)C2(C)C.CC1=CC(C(F)(F)F)=C(Cl)CN1. The highest BCUT2D eigenvalue weighted by molar-refractivity contribution is 6.30. The lowest BCUT2D eigenvalue weighted by Gasteiger charge is -2.42.